The summed E-state index contributed by atoms with van der Waals surface area (Å²) in [6, 6.07) is 0. The Kier molecular flexibility index (Phi) is 2.63. The van der Waals surface area contributed by atoms with Crippen molar-refractivity contribution in [3.05, 3.63) is 10.0 Å². The molecule has 0 spiro atoms. The molecule has 7 heteroatoms. The normalized spacial score (nSPS) is 25.9. The quantitative estimate of drug-likeness (QED) is 0.628. The van der Waals surface area contributed by atoms with Crippen LogP contribution in [0.5, 0.6) is 0 Å². The molecule has 0 aromatic carbocycles. The third-order valence-corrected chi connectivity index (χ3v) is 4.20. The Hall–Kier alpha value is -0.400. The predicted molar refractivity (Wildman–Crippen MR) is 57.8 cm³/mol. The Labute approximate surface area is 90.9 Å². The number of nitrogens with zero attached hydrogens (tertiary/aromatic N) is 2. The van der Waals surface area contributed by atoms with E-state index >= 15 is 0 Å². The van der Waals surface area contributed by atoms with Gasteiger partial charge in [-0.15, -0.1) is 0 Å². The highest BCUT2D eigenvalue weighted by Gasteiger charge is 2.29. The second-order valence-corrected chi connectivity index (χ2v) is 5.62. The third-order valence-electron chi connectivity index (χ3n) is 2.10. The summed E-state index contributed by atoms with van der Waals surface area (Å²) in [6.07, 6.45) is 0. The van der Waals surface area contributed by atoms with Crippen molar-refractivity contribution in [2.45, 2.75) is 0 Å². The van der Waals surface area contributed by atoms with E-state index in [2.05, 4.69) is 26.2 Å². The first-order valence-electron chi connectivity index (χ1n) is 4.26. The average Bonchev–Trinajstić information content (AvgIpc) is 2.41. The fourth-order valence-corrected chi connectivity index (χ4v) is 3.67. The lowest BCUT2D eigenvalue weighted by molar-refractivity contribution is 0.361. The molecule has 0 saturated carbocycles. The van der Waals surface area contributed by atoms with Crippen LogP contribution < -0.4 is 5.32 Å². The molecular formula is C7H10BrN3O2S. The number of halogens is 1. The molecule has 2 heterocycles. The lowest BCUT2D eigenvalue weighted by atomic mass is 10.4. The van der Waals surface area contributed by atoms with E-state index in [0.717, 1.165) is 18.5 Å². The van der Waals surface area contributed by atoms with Crippen molar-refractivity contribution in [2.75, 3.05) is 26.2 Å². The molecule has 0 radical (unpaired) electrons. The van der Waals surface area contributed by atoms with E-state index < -0.39 is 9.84 Å². The fourth-order valence-electron chi connectivity index (χ4n) is 1.47. The minimum atomic E-state index is -3.30. The van der Waals surface area contributed by atoms with E-state index in [-0.39, 0.29) is 5.17 Å². The first kappa shape index (κ1) is 10.1. The highest BCUT2D eigenvalue weighted by atomic mass is 79.9. The summed E-state index contributed by atoms with van der Waals surface area (Å²) >= 11 is 3.07. The first-order valence-corrected chi connectivity index (χ1v) is 6.60. The molecule has 1 saturated heterocycles. The smallest absolute Gasteiger partial charge is 0.235 e. The maximum atomic E-state index is 11.6. The first-order chi connectivity index (χ1) is 6.59. The zero-order valence-electron chi connectivity index (χ0n) is 7.40. The van der Waals surface area contributed by atoms with E-state index in [1.165, 1.54) is 0 Å². The minimum absolute atomic E-state index is 0.172. The molecule has 5 nitrogen and oxygen atoms in total. The van der Waals surface area contributed by atoms with Crippen LogP contribution in [0.2, 0.25) is 0 Å². The summed E-state index contributed by atoms with van der Waals surface area (Å²) in [5.41, 5.74) is 0. The van der Waals surface area contributed by atoms with Crippen LogP contribution in [-0.4, -0.2) is 44.7 Å². The van der Waals surface area contributed by atoms with Gasteiger partial charge in [-0.25, -0.2) is 13.4 Å². The van der Waals surface area contributed by atoms with Crippen LogP contribution in [0.3, 0.4) is 0 Å². The van der Waals surface area contributed by atoms with Gasteiger partial charge in [0, 0.05) is 26.2 Å². The summed E-state index contributed by atoms with van der Waals surface area (Å²) in [5, 5.41) is 4.47. The number of nitrogens with one attached hydrogen (secondary N) is 1. The topological polar surface area (TPSA) is 61.8 Å². The molecule has 14 heavy (non-hydrogen) atoms. The van der Waals surface area contributed by atoms with Crippen molar-refractivity contribution in [1.82, 2.24) is 10.2 Å². The van der Waals surface area contributed by atoms with Gasteiger partial charge in [-0.05, 0) is 15.9 Å². The number of piperazine rings is 1. The molecule has 0 atom stereocenters. The van der Waals surface area contributed by atoms with Crippen LogP contribution in [0.4, 0.5) is 0 Å². The van der Waals surface area contributed by atoms with Gasteiger partial charge in [-0.1, -0.05) is 0 Å². The van der Waals surface area contributed by atoms with Gasteiger partial charge in [0.25, 0.3) is 0 Å². The summed E-state index contributed by atoms with van der Waals surface area (Å²) in [5.74, 6) is 0. The molecule has 0 aliphatic carbocycles. The van der Waals surface area contributed by atoms with E-state index in [1.807, 2.05) is 0 Å². The van der Waals surface area contributed by atoms with Crippen LogP contribution in [0, 0.1) is 0 Å². The molecule has 0 unspecified atom stereocenters. The van der Waals surface area contributed by atoms with Crippen LogP contribution in [-0.2, 0) is 9.84 Å². The second kappa shape index (κ2) is 3.63. The Morgan fingerprint density at radius 3 is 2.57 bits per heavy atom. The molecule has 2 aliphatic rings. The van der Waals surface area contributed by atoms with Gasteiger partial charge in [0.1, 0.15) is 4.61 Å². The molecule has 2 rings (SSSR count). The molecule has 0 aromatic rings. The van der Waals surface area contributed by atoms with Gasteiger partial charge in [0.05, 0.1) is 5.41 Å². The Balaban J connectivity index is 2.24. The number of hydrogen-bond donors (Lipinski definition) is 1. The largest absolute Gasteiger partial charge is 0.344 e. The van der Waals surface area contributed by atoms with E-state index in [1.54, 1.807) is 4.90 Å². The van der Waals surface area contributed by atoms with Crippen LogP contribution in [0.25, 0.3) is 0 Å². The van der Waals surface area contributed by atoms with Crippen molar-refractivity contribution in [2.24, 2.45) is 4.99 Å². The van der Waals surface area contributed by atoms with Crippen molar-refractivity contribution < 1.29 is 8.42 Å². The second-order valence-electron chi connectivity index (χ2n) is 3.12. The summed E-state index contributed by atoms with van der Waals surface area (Å²) in [6.45, 7) is 2.97. The van der Waals surface area contributed by atoms with E-state index in [0.29, 0.717) is 17.7 Å². The van der Waals surface area contributed by atoms with Crippen LogP contribution in [0.15, 0.2) is 15.0 Å². The van der Waals surface area contributed by atoms with Crippen molar-refractivity contribution in [1.29, 1.82) is 0 Å². The van der Waals surface area contributed by atoms with Gasteiger partial charge in [0.2, 0.25) is 15.0 Å². The molecular weight excluding hydrogens is 270 g/mol. The molecule has 0 aromatic heterocycles. The number of sulfone groups is 1. The molecule has 2 aliphatic heterocycles. The Morgan fingerprint density at radius 1 is 1.43 bits per heavy atom. The maximum Gasteiger partial charge on any atom is 0.235 e. The zero-order chi connectivity index (χ0) is 10.2. The lowest BCUT2D eigenvalue weighted by Gasteiger charge is -2.28. The van der Waals surface area contributed by atoms with Crippen molar-refractivity contribution >= 4 is 30.9 Å². The highest BCUT2D eigenvalue weighted by molar-refractivity contribution is 9.11. The third kappa shape index (κ3) is 1.84. The molecule has 1 fully saturated rings. The van der Waals surface area contributed by atoms with Gasteiger partial charge in [-0.2, -0.15) is 0 Å². The van der Waals surface area contributed by atoms with Crippen LogP contribution >= 0.6 is 15.9 Å². The standard InChI is InChI=1S/C7H10BrN3O2S/c8-6-5-14(12,13)7(10-6)11-3-1-9-2-4-11/h5,9H,1-4H2. The predicted octanol–water partition coefficient (Wildman–Crippen LogP) is -0.130. The number of aliphatic imine (C=N–C) groups is 1. The van der Waals surface area contributed by atoms with Crippen molar-refractivity contribution in [3.8, 4) is 0 Å². The van der Waals surface area contributed by atoms with Gasteiger partial charge in [-0.3, -0.25) is 0 Å². The van der Waals surface area contributed by atoms with Crippen LogP contribution in [0.1, 0.15) is 0 Å². The minimum Gasteiger partial charge on any atom is -0.344 e. The summed E-state index contributed by atoms with van der Waals surface area (Å²) in [7, 11) is -3.30. The number of rotatable bonds is 0. The van der Waals surface area contributed by atoms with E-state index in [9.17, 15) is 8.42 Å². The average molecular weight is 280 g/mol. The molecule has 78 valence electrons. The SMILES string of the molecule is O=S1(=O)C=C(Br)N=C1N1CCNCC1. The highest BCUT2D eigenvalue weighted by Crippen LogP contribution is 2.21. The van der Waals surface area contributed by atoms with Gasteiger partial charge in [0.15, 0.2) is 0 Å². The van der Waals surface area contributed by atoms with Gasteiger partial charge >= 0.3 is 0 Å². The van der Waals surface area contributed by atoms with E-state index in [4.69, 9.17) is 0 Å². The lowest BCUT2D eigenvalue weighted by Crippen LogP contribution is -2.47. The monoisotopic (exact) mass is 279 g/mol. The summed E-state index contributed by atoms with van der Waals surface area (Å²) in [4.78, 5) is 5.76. The van der Waals surface area contributed by atoms with Crippen molar-refractivity contribution in [3.63, 3.8) is 0 Å². The Morgan fingerprint density at radius 2 is 2.07 bits per heavy atom. The maximum absolute atomic E-state index is 11.6. The number of amidine groups is 1. The molecule has 1 N–H and O–H groups in total. The summed E-state index contributed by atoms with van der Waals surface area (Å²) < 4.78 is 23.5. The number of hydrogen-bond acceptors (Lipinski definition) is 5. The zero-order valence-corrected chi connectivity index (χ0v) is 9.81. The Bertz CT molecular complexity index is 395. The molecule has 0 bridgehead atoms. The van der Waals surface area contributed by atoms with Gasteiger partial charge < -0.3 is 10.2 Å². The fraction of sp³-hybridized carbons (Fsp3) is 0.571. The molecule has 0 amide bonds.